The molecule has 0 spiro atoms. The monoisotopic (exact) mass is 262 g/mol. The maximum Gasteiger partial charge on any atom is 0.211 e. The number of rotatable bonds is 4. The fraction of sp³-hybridized carbons (Fsp3) is 0.909. The first-order valence-corrected chi connectivity index (χ1v) is 7.66. The SMILES string of the molecule is CC(=O)C(C)(C)CN1CCN(S(C)(=O)=O)CC1. The Labute approximate surface area is 104 Å². The maximum atomic E-state index is 11.4. The summed E-state index contributed by atoms with van der Waals surface area (Å²) in [4.78, 5) is 13.6. The molecule has 5 nitrogen and oxygen atoms in total. The number of ketones is 1. The number of hydrogen-bond donors (Lipinski definition) is 0. The van der Waals surface area contributed by atoms with Gasteiger partial charge in [-0.25, -0.2) is 8.42 Å². The number of carbonyl (C=O) groups is 1. The highest BCUT2D eigenvalue weighted by molar-refractivity contribution is 7.88. The first kappa shape index (κ1) is 14.6. The predicted octanol–water partition coefficient (Wildman–Crippen LogP) is 0.179. The van der Waals surface area contributed by atoms with E-state index in [1.165, 1.54) is 10.6 Å². The van der Waals surface area contributed by atoms with E-state index in [4.69, 9.17) is 0 Å². The van der Waals surface area contributed by atoms with E-state index in [0.29, 0.717) is 32.7 Å². The highest BCUT2D eigenvalue weighted by Crippen LogP contribution is 2.19. The average molecular weight is 262 g/mol. The largest absolute Gasteiger partial charge is 0.300 e. The summed E-state index contributed by atoms with van der Waals surface area (Å²) in [5.74, 6) is 0.169. The molecule has 17 heavy (non-hydrogen) atoms. The summed E-state index contributed by atoms with van der Waals surface area (Å²) in [5, 5.41) is 0. The van der Waals surface area contributed by atoms with Crippen LogP contribution in [-0.2, 0) is 14.8 Å². The van der Waals surface area contributed by atoms with Gasteiger partial charge in [-0.2, -0.15) is 4.31 Å². The standard InChI is InChI=1S/C11H22N2O3S/c1-10(14)11(2,3)9-12-5-7-13(8-6-12)17(4,15)16/h5-9H2,1-4H3. The van der Waals surface area contributed by atoms with Gasteiger partial charge in [0.1, 0.15) is 5.78 Å². The van der Waals surface area contributed by atoms with Crippen LogP contribution in [0.2, 0.25) is 0 Å². The van der Waals surface area contributed by atoms with Gasteiger partial charge < -0.3 is 0 Å². The Morgan fingerprint density at radius 3 is 2.00 bits per heavy atom. The van der Waals surface area contributed by atoms with E-state index in [9.17, 15) is 13.2 Å². The highest BCUT2D eigenvalue weighted by atomic mass is 32.2. The summed E-state index contributed by atoms with van der Waals surface area (Å²) in [5.41, 5.74) is -0.354. The van der Waals surface area contributed by atoms with E-state index in [1.54, 1.807) is 6.92 Å². The van der Waals surface area contributed by atoms with Crippen molar-refractivity contribution in [2.45, 2.75) is 20.8 Å². The van der Waals surface area contributed by atoms with Gasteiger partial charge in [-0.1, -0.05) is 13.8 Å². The van der Waals surface area contributed by atoms with Gasteiger partial charge in [0.25, 0.3) is 0 Å². The minimum atomic E-state index is -3.07. The van der Waals surface area contributed by atoms with Gasteiger partial charge in [-0.05, 0) is 6.92 Å². The minimum absolute atomic E-state index is 0.169. The second-order valence-corrected chi connectivity index (χ2v) is 7.36. The minimum Gasteiger partial charge on any atom is -0.300 e. The third-order valence-corrected chi connectivity index (χ3v) is 4.68. The van der Waals surface area contributed by atoms with Crippen LogP contribution in [0.1, 0.15) is 20.8 Å². The van der Waals surface area contributed by atoms with Crippen LogP contribution >= 0.6 is 0 Å². The predicted molar refractivity (Wildman–Crippen MR) is 67.3 cm³/mol. The fourth-order valence-electron chi connectivity index (χ4n) is 1.89. The number of hydrogen-bond acceptors (Lipinski definition) is 4. The zero-order valence-corrected chi connectivity index (χ0v) is 11.9. The maximum absolute atomic E-state index is 11.4. The molecule has 0 N–H and O–H groups in total. The molecule has 0 aromatic rings. The van der Waals surface area contributed by atoms with E-state index < -0.39 is 10.0 Å². The van der Waals surface area contributed by atoms with Crippen molar-refractivity contribution in [2.75, 3.05) is 39.0 Å². The summed E-state index contributed by atoms with van der Waals surface area (Å²) in [7, 11) is -3.07. The van der Waals surface area contributed by atoms with E-state index in [1.807, 2.05) is 13.8 Å². The highest BCUT2D eigenvalue weighted by Gasteiger charge is 2.30. The van der Waals surface area contributed by atoms with Crippen molar-refractivity contribution in [3.63, 3.8) is 0 Å². The van der Waals surface area contributed by atoms with Crippen molar-refractivity contribution < 1.29 is 13.2 Å². The van der Waals surface area contributed by atoms with Gasteiger partial charge in [0, 0.05) is 38.1 Å². The van der Waals surface area contributed by atoms with Crippen LogP contribution in [0.25, 0.3) is 0 Å². The van der Waals surface area contributed by atoms with Crippen LogP contribution in [-0.4, -0.2) is 62.4 Å². The van der Waals surface area contributed by atoms with Crippen LogP contribution in [0.5, 0.6) is 0 Å². The number of nitrogens with zero attached hydrogens (tertiary/aromatic N) is 2. The first-order valence-electron chi connectivity index (χ1n) is 5.81. The Kier molecular flexibility index (Phi) is 4.33. The smallest absolute Gasteiger partial charge is 0.211 e. The van der Waals surface area contributed by atoms with E-state index in [-0.39, 0.29) is 11.2 Å². The number of carbonyl (C=O) groups excluding carboxylic acids is 1. The zero-order chi connectivity index (χ0) is 13.3. The molecule has 1 heterocycles. The topological polar surface area (TPSA) is 57.7 Å². The number of Topliss-reactive ketones (excluding diaryl/α,β-unsaturated/α-hetero) is 1. The molecule has 0 amide bonds. The molecular formula is C11H22N2O3S. The third kappa shape index (κ3) is 4.04. The Balaban J connectivity index is 2.51. The fourth-order valence-corrected chi connectivity index (χ4v) is 2.72. The summed E-state index contributed by atoms with van der Waals surface area (Å²) < 4.78 is 24.2. The molecule has 1 aliphatic rings. The molecule has 1 rings (SSSR count). The third-order valence-electron chi connectivity index (χ3n) is 3.37. The van der Waals surface area contributed by atoms with Crippen LogP contribution in [0.3, 0.4) is 0 Å². The molecule has 0 bridgehead atoms. The van der Waals surface area contributed by atoms with Gasteiger partial charge in [-0.15, -0.1) is 0 Å². The molecule has 0 aromatic carbocycles. The molecule has 100 valence electrons. The molecule has 0 saturated carbocycles. The van der Waals surface area contributed by atoms with Gasteiger partial charge >= 0.3 is 0 Å². The normalized spacial score (nSPS) is 20.5. The van der Waals surface area contributed by atoms with Gasteiger partial charge in [0.05, 0.1) is 6.26 Å². The van der Waals surface area contributed by atoms with Crippen molar-refractivity contribution in [3.8, 4) is 0 Å². The van der Waals surface area contributed by atoms with Crippen molar-refractivity contribution in [3.05, 3.63) is 0 Å². The number of piperazine rings is 1. The lowest BCUT2D eigenvalue weighted by Gasteiger charge is -2.37. The van der Waals surface area contributed by atoms with Crippen LogP contribution in [0.15, 0.2) is 0 Å². The molecule has 1 saturated heterocycles. The van der Waals surface area contributed by atoms with Crippen molar-refractivity contribution in [2.24, 2.45) is 5.41 Å². The molecule has 0 unspecified atom stereocenters. The Hall–Kier alpha value is -0.460. The number of sulfonamides is 1. The molecule has 0 radical (unpaired) electrons. The van der Waals surface area contributed by atoms with Gasteiger partial charge in [0.2, 0.25) is 10.0 Å². The second kappa shape index (κ2) is 5.04. The van der Waals surface area contributed by atoms with Crippen molar-refractivity contribution >= 4 is 15.8 Å². The van der Waals surface area contributed by atoms with E-state index in [0.717, 1.165) is 0 Å². The molecule has 1 aliphatic heterocycles. The van der Waals surface area contributed by atoms with Crippen LogP contribution in [0.4, 0.5) is 0 Å². The average Bonchev–Trinajstić information content (AvgIpc) is 2.16. The summed E-state index contributed by atoms with van der Waals surface area (Å²) in [6.45, 7) is 8.59. The van der Waals surface area contributed by atoms with E-state index >= 15 is 0 Å². The Morgan fingerprint density at radius 2 is 1.65 bits per heavy atom. The molecule has 0 aliphatic carbocycles. The molecule has 6 heteroatoms. The summed E-state index contributed by atoms with van der Waals surface area (Å²) in [6, 6.07) is 0. The van der Waals surface area contributed by atoms with Gasteiger partial charge in [-0.3, -0.25) is 9.69 Å². The van der Waals surface area contributed by atoms with Crippen LogP contribution < -0.4 is 0 Å². The Morgan fingerprint density at radius 1 is 1.18 bits per heavy atom. The molecule has 1 fully saturated rings. The lowest BCUT2D eigenvalue weighted by molar-refractivity contribution is -0.126. The lowest BCUT2D eigenvalue weighted by Crippen LogP contribution is -2.51. The van der Waals surface area contributed by atoms with Crippen molar-refractivity contribution in [1.29, 1.82) is 0 Å². The second-order valence-electron chi connectivity index (χ2n) is 5.38. The van der Waals surface area contributed by atoms with E-state index in [2.05, 4.69) is 4.90 Å². The quantitative estimate of drug-likeness (QED) is 0.725. The Bertz CT molecular complexity index is 382. The first-order chi connectivity index (χ1) is 7.63. The molecule has 0 atom stereocenters. The summed E-state index contributed by atoms with van der Waals surface area (Å²) >= 11 is 0. The van der Waals surface area contributed by atoms with Gasteiger partial charge in [0.15, 0.2) is 0 Å². The van der Waals surface area contributed by atoms with Crippen molar-refractivity contribution in [1.82, 2.24) is 9.21 Å². The van der Waals surface area contributed by atoms with Crippen LogP contribution in [0, 0.1) is 5.41 Å². The summed E-state index contributed by atoms with van der Waals surface area (Å²) in [6.07, 6.45) is 1.24. The molecule has 0 aromatic heterocycles. The lowest BCUT2D eigenvalue weighted by atomic mass is 9.88. The zero-order valence-electron chi connectivity index (χ0n) is 11.1. The molecular weight excluding hydrogens is 240 g/mol.